The molecule has 0 nitrogen and oxygen atoms in total. The molecular formula is C5H5F3Ge. The van der Waals surface area contributed by atoms with Crippen LogP contribution in [-0.4, -0.2) is 14.7 Å². The van der Waals surface area contributed by atoms with Crippen LogP contribution in [0.1, 0.15) is 6.42 Å². The van der Waals surface area contributed by atoms with Crippen LogP contribution in [0.3, 0.4) is 0 Å². The second-order valence-corrected chi connectivity index (χ2v) is 5.10. The molecule has 1 rings (SSSR count). The number of hydrogen-bond acceptors (Lipinski definition) is 0. The van der Waals surface area contributed by atoms with Gasteiger partial charge in [-0.1, -0.05) is 0 Å². The third-order valence-electron chi connectivity index (χ3n) is 1.10. The zero-order chi connectivity index (χ0) is 6.91. The van der Waals surface area contributed by atoms with E-state index in [2.05, 4.69) is 0 Å². The molecule has 0 fully saturated rings. The van der Waals surface area contributed by atoms with Gasteiger partial charge in [-0.2, -0.15) is 0 Å². The molecule has 0 aromatic carbocycles. The Morgan fingerprint density at radius 3 is 2.22 bits per heavy atom. The Morgan fingerprint density at radius 2 is 2.00 bits per heavy atom. The van der Waals surface area contributed by atoms with Crippen LogP contribution in [0.2, 0.25) is 0 Å². The van der Waals surface area contributed by atoms with Crippen LogP contribution in [0.5, 0.6) is 0 Å². The topological polar surface area (TPSA) is 0 Å². The van der Waals surface area contributed by atoms with Crippen molar-refractivity contribution in [2.45, 2.75) is 6.42 Å². The first-order valence-electron chi connectivity index (χ1n) is 2.54. The van der Waals surface area contributed by atoms with Gasteiger partial charge in [0.05, 0.1) is 0 Å². The van der Waals surface area contributed by atoms with Gasteiger partial charge in [-0.3, -0.25) is 0 Å². The van der Waals surface area contributed by atoms with E-state index in [1.54, 1.807) is 0 Å². The van der Waals surface area contributed by atoms with Crippen LogP contribution in [0.15, 0.2) is 22.6 Å². The zero-order valence-electron chi connectivity index (χ0n) is 4.57. The average molecular weight is 195 g/mol. The summed E-state index contributed by atoms with van der Waals surface area (Å²) < 4.78 is 35.1. The number of allylic oxidation sites excluding steroid dienone is 4. The molecular weight excluding hydrogens is 190 g/mol. The molecule has 0 N–H and O–H groups in total. The fourth-order valence-corrected chi connectivity index (χ4v) is 2.04. The van der Waals surface area contributed by atoms with Gasteiger partial charge >= 0.3 is 54.2 Å². The molecule has 0 saturated carbocycles. The Labute approximate surface area is 54.9 Å². The van der Waals surface area contributed by atoms with Crippen molar-refractivity contribution in [2.24, 2.45) is 0 Å². The quantitative estimate of drug-likeness (QED) is 0.562. The maximum atomic E-state index is 11.8. The number of halogens is 3. The van der Waals surface area contributed by atoms with E-state index in [4.69, 9.17) is 0 Å². The Kier molecular flexibility index (Phi) is 1.70. The van der Waals surface area contributed by atoms with Gasteiger partial charge in [0.25, 0.3) is 0 Å². The molecule has 0 atom stereocenters. The molecule has 1 aliphatic rings. The van der Waals surface area contributed by atoms with E-state index < -0.39 is 14.7 Å². The van der Waals surface area contributed by atoms with Crippen LogP contribution in [0, 0.1) is 0 Å². The van der Waals surface area contributed by atoms with Crippen molar-refractivity contribution in [1.82, 2.24) is 0 Å². The molecule has 0 aromatic rings. The van der Waals surface area contributed by atoms with Gasteiger partial charge in [0.1, 0.15) is 0 Å². The standard InChI is InChI=1S/C5H5F3Ge/c6-9(7,8)5-3-1-2-4-5/h1,3-4H,2H2. The molecule has 0 heterocycles. The van der Waals surface area contributed by atoms with Gasteiger partial charge in [0, 0.05) is 0 Å². The van der Waals surface area contributed by atoms with Crippen molar-refractivity contribution in [1.29, 1.82) is 0 Å². The molecule has 0 aromatic heterocycles. The molecule has 0 spiro atoms. The Bertz CT molecular complexity index is 166. The summed E-state index contributed by atoms with van der Waals surface area (Å²) in [6.07, 6.45) is 4.42. The molecule has 4 heteroatoms. The Hall–Kier alpha value is -0.187. The molecule has 0 radical (unpaired) electrons. The molecule has 50 valence electrons. The summed E-state index contributed by atoms with van der Waals surface area (Å²) in [7, 11) is 0. The van der Waals surface area contributed by atoms with Crippen molar-refractivity contribution in [3.63, 3.8) is 0 Å². The minimum atomic E-state index is -5.91. The molecule has 0 unspecified atom stereocenters. The summed E-state index contributed by atoms with van der Waals surface area (Å²) >= 11 is -5.91. The number of rotatable bonds is 1. The van der Waals surface area contributed by atoms with E-state index in [0.717, 1.165) is 0 Å². The first kappa shape index (κ1) is 6.93. The van der Waals surface area contributed by atoms with Crippen LogP contribution in [0.4, 0.5) is 10.5 Å². The normalized spacial score (nSPS) is 18.3. The second kappa shape index (κ2) is 2.21. The van der Waals surface area contributed by atoms with E-state index >= 15 is 0 Å². The van der Waals surface area contributed by atoms with Crippen molar-refractivity contribution >= 4 is 14.7 Å². The third-order valence-corrected chi connectivity index (χ3v) is 3.25. The summed E-state index contributed by atoms with van der Waals surface area (Å²) in [5.74, 6) is 0. The summed E-state index contributed by atoms with van der Waals surface area (Å²) in [5.41, 5.74) is 0. The summed E-state index contributed by atoms with van der Waals surface area (Å²) in [6.45, 7) is 0. The predicted octanol–water partition coefficient (Wildman–Crippen LogP) is 2.26. The predicted molar refractivity (Wildman–Crippen MR) is 30.9 cm³/mol. The van der Waals surface area contributed by atoms with Crippen LogP contribution in [-0.2, 0) is 0 Å². The fourth-order valence-electron chi connectivity index (χ4n) is 0.668. The monoisotopic (exact) mass is 196 g/mol. The van der Waals surface area contributed by atoms with Gasteiger partial charge in [-0.25, -0.2) is 0 Å². The maximum absolute atomic E-state index is 11.8. The molecule has 1 aliphatic carbocycles. The van der Waals surface area contributed by atoms with Crippen LogP contribution in [0.25, 0.3) is 0 Å². The van der Waals surface area contributed by atoms with Crippen molar-refractivity contribution in [3.05, 3.63) is 22.6 Å². The molecule has 0 saturated heterocycles. The zero-order valence-corrected chi connectivity index (χ0v) is 6.67. The molecule has 0 aliphatic heterocycles. The third kappa shape index (κ3) is 1.61. The van der Waals surface area contributed by atoms with Gasteiger partial charge in [0.15, 0.2) is 0 Å². The van der Waals surface area contributed by atoms with Crippen molar-refractivity contribution in [2.75, 3.05) is 0 Å². The van der Waals surface area contributed by atoms with Gasteiger partial charge in [-0.15, -0.1) is 0 Å². The van der Waals surface area contributed by atoms with E-state index in [1.807, 2.05) is 0 Å². The second-order valence-electron chi connectivity index (χ2n) is 1.80. The summed E-state index contributed by atoms with van der Waals surface area (Å²) in [5, 5.41) is 0. The van der Waals surface area contributed by atoms with Crippen LogP contribution >= 0.6 is 0 Å². The van der Waals surface area contributed by atoms with E-state index in [-0.39, 0.29) is 4.41 Å². The van der Waals surface area contributed by atoms with E-state index in [1.165, 1.54) is 18.2 Å². The SMILES string of the molecule is [F][Ge]([F])([F])[C]1=CCC=C1. The van der Waals surface area contributed by atoms with Gasteiger partial charge < -0.3 is 0 Å². The molecule has 0 bridgehead atoms. The van der Waals surface area contributed by atoms with Crippen LogP contribution < -0.4 is 0 Å². The van der Waals surface area contributed by atoms with Crippen molar-refractivity contribution < 1.29 is 10.5 Å². The van der Waals surface area contributed by atoms with Crippen molar-refractivity contribution in [3.8, 4) is 0 Å². The molecule has 9 heavy (non-hydrogen) atoms. The summed E-state index contributed by atoms with van der Waals surface area (Å²) in [6, 6.07) is 0. The van der Waals surface area contributed by atoms with E-state index in [9.17, 15) is 10.5 Å². The molecule has 0 amide bonds. The fraction of sp³-hybridized carbons (Fsp3) is 0.200. The van der Waals surface area contributed by atoms with Gasteiger partial charge in [-0.05, 0) is 0 Å². The van der Waals surface area contributed by atoms with E-state index in [0.29, 0.717) is 6.42 Å². The first-order chi connectivity index (χ1) is 4.11. The summed E-state index contributed by atoms with van der Waals surface area (Å²) in [4.78, 5) is 0. The first-order valence-corrected chi connectivity index (χ1v) is 5.97. The number of hydrogen-bond donors (Lipinski definition) is 0. The Morgan fingerprint density at radius 1 is 1.33 bits per heavy atom. The Balaban J connectivity index is 2.73. The minimum absolute atomic E-state index is 0.338. The van der Waals surface area contributed by atoms with Gasteiger partial charge in [0.2, 0.25) is 0 Å². The average Bonchev–Trinajstić information content (AvgIpc) is 2.08.